The maximum Gasteiger partial charge on any atom is 0.224 e. The zero-order chi connectivity index (χ0) is 18.0. The molecule has 2 unspecified atom stereocenters. The molecule has 0 spiro atoms. The minimum atomic E-state index is -3.54. The van der Waals surface area contributed by atoms with Crippen LogP contribution in [0.25, 0.3) is 0 Å². The van der Waals surface area contributed by atoms with Crippen LogP contribution in [0.2, 0.25) is 5.02 Å². The minimum Gasteiger partial charge on any atom is -0.352 e. The fourth-order valence-corrected chi connectivity index (χ4v) is 3.84. The highest BCUT2D eigenvalue weighted by molar-refractivity contribution is 7.88. The fraction of sp³-hybridized carbons (Fsp3) is 0.278. The van der Waals surface area contributed by atoms with Crippen LogP contribution in [0.4, 0.5) is 0 Å². The number of amides is 1. The number of nitrogens with two attached hydrogens (primary N) is 1. The number of hydrogen-bond acceptors (Lipinski definition) is 3. The number of halogens is 1. The Bertz CT molecular complexity index is 881. The first kappa shape index (κ1) is 17.9. The van der Waals surface area contributed by atoms with Crippen LogP contribution in [0.5, 0.6) is 0 Å². The van der Waals surface area contributed by atoms with Crippen molar-refractivity contribution in [2.75, 3.05) is 0 Å². The Balaban J connectivity index is 1.53. The summed E-state index contributed by atoms with van der Waals surface area (Å²) in [5, 5.41) is 8.65. The molecule has 0 saturated heterocycles. The molecule has 3 rings (SSSR count). The molecule has 0 radical (unpaired) electrons. The number of sulfonamides is 1. The van der Waals surface area contributed by atoms with E-state index in [0.29, 0.717) is 17.1 Å². The summed E-state index contributed by atoms with van der Waals surface area (Å²) in [6.45, 7) is 0.403. The number of carbonyl (C=O) groups excluding carboxylic acids is 1. The summed E-state index contributed by atoms with van der Waals surface area (Å²) in [6.07, 6.45) is 0.808. The van der Waals surface area contributed by atoms with Gasteiger partial charge < -0.3 is 5.32 Å². The van der Waals surface area contributed by atoms with Gasteiger partial charge in [0.2, 0.25) is 15.9 Å². The topological polar surface area (TPSA) is 89.3 Å². The lowest BCUT2D eigenvalue weighted by molar-refractivity contribution is -0.122. The third-order valence-corrected chi connectivity index (χ3v) is 5.37. The molecule has 2 atom stereocenters. The van der Waals surface area contributed by atoms with Crippen LogP contribution in [0.3, 0.4) is 0 Å². The van der Waals surface area contributed by atoms with Crippen LogP contribution >= 0.6 is 11.6 Å². The van der Waals surface area contributed by atoms with Crippen LogP contribution in [-0.4, -0.2) is 14.3 Å². The van der Waals surface area contributed by atoms with Crippen molar-refractivity contribution in [1.82, 2.24) is 5.32 Å². The predicted octanol–water partition coefficient (Wildman–Crippen LogP) is 2.55. The van der Waals surface area contributed by atoms with Crippen molar-refractivity contribution in [2.45, 2.75) is 24.6 Å². The molecule has 1 aliphatic rings. The van der Waals surface area contributed by atoms with E-state index in [0.717, 1.165) is 17.5 Å². The van der Waals surface area contributed by atoms with Crippen molar-refractivity contribution in [1.29, 1.82) is 0 Å². The Hall–Kier alpha value is -1.89. The van der Waals surface area contributed by atoms with Gasteiger partial charge in [0.25, 0.3) is 0 Å². The van der Waals surface area contributed by atoms with Gasteiger partial charge >= 0.3 is 0 Å². The SMILES string of the molecule is NS(=O)(=O)Cc1ccc(CNC(=O)C2CC2c2ccccc2Cl)cc1. The molecule has 1 amide bonds. The largest absolute Gasteiger partial charge is 0.352 e. The van der Waals surface area contributed by atoms with Gasteiger partial charge in [0.15, 0.2) is 0 Å². The van der Waals surface area contributed by atoms with Crippen molar-refractivity contribution in [3.63, 3.8) is 0 Å². The monoisotopic (exact) mass is 378 g/mol. The summed E-state index contributed by atoms with van der Waals surface area (Å²) in [4.78, 5) is 12.3. The van der Waals surface area contributed by atoms with E-state index in [1.807, 2.05) is 24.3 Å². The molecule has 132 valence electrons. The lowest BCUT2D eigenvalue weighted by Gasteiger charge is -2.07. The molecule has 2 aromatic rings. The van der Waals surface area contributed by atoms with Gasteiger partial charge in [-0.15, -0.1) is 0 Å². The van der Waals surface area contributed by atoms with Crippen molar-refractivity contribution in [3.05, 3.63) is 70.2 Å². The van der Waals surface area contributed by atoms with E-state index in [1.165, 1.54) is 0 Å². The Kier molecular flexibility index (Phi) is 5.13. The second kappa shape index (κ2) is 7.15. The first-order valence-corrected chi connectivity index (χ1v) is 10.0. The number of rotatable bonds is 6. The van der Waals surface area contributed by atoms with Gasteiger partial charge in [-0.3, -0.25) is 4.79 Å². The summed E-state index contributed by atoms with van der Waals surface area (Å²) >= 11 is 6.18. The highest BCUT2D eigenvalue weighted by Crippen LogP contribution is 2.49. The maximum absolute atomic E-state index is 12.3. The summed E-state index contributed by atoms with van der Waals surface area (Å²) < 4.78 is 22.1. The highest BCUT2D eigenvalue weighted by atomic mass is 35.5. The maximum atomic E-state index is 12.3. The zero-order valence-corrected chi connectivity index (χ0v) is 15.1. The third kappa shape index (κ3) is 4.81. The van der Waals surface area contributed by atoms with Gasteiger partial charge in [-0.2, -0.15) is 0 Å². The molecular formula is C18H19ClN2O3S. The molecule has 0 bridgehead atoms. The summed E-state index contributed by atoms with van der Waals surface area (Å²) in [5.41, 5.74) is 2.55. The molecule has 1 saturated carbocycles. The average molecular weight is 379 g/mol. The van der Waals surface area contributed by atoms with Crippen LogP contribution in [0.15, 0.2) is 48.5 Å². The van der Waals surface area contributed by atoms with Gasteiger partial charge in [-0.05, 0) is 35.1 Å². The van der Waals surface area contributed by atoms with E-state index in [-0.39, 0.29) is 23.5 Å². The Morgan fingerprint density at radius 3 is 2.40 bits per heavy atom. The Labute approximate surface area is 152 Å². The molecule has 0 aromatic heterocycles. The van der Waals surface area contributed by atoms with E-state index in [9.17, 15) is 13.2 Å². The summed E-state index contributed by atoms with van der Waals surface area (Å²) in [7, 11) is -3.54. The number of primary sulfonamides is 1. The molecule has 2 aromatic carbocycles. The smallest absolute Gasteiger partial charge is 0.224 e. The second-order valence-electron chi connectivity index (χ2n) is 6.31. The van der Waals surface area contributed by atoms with Crippen molar-refractivity contribution in [3.8, 4) is 0 Å². The lowest BCUT2D eigenvalue weighted by atomic mass is 10.1. The van der Waals surface area contributed by atoms with Crippen LogP contribution in [0.1, 0.15) is 29.0 Å². The first-order valence-electron chi connectivity index (χ1n) is 7.94. The molecule has 25 heavy (non-hydrogen) atoms. The second-order valence-corrected chi connectivity index (χ2v) is 8.33. The van der Waals surface area contributed by atoms with Gasteiger partial charge in [-0.1, -0.05) is 54.1 Å². The average Bonchev–Trinajstić information content (AvgIpc) is 3.33. The molecule has 1 fully saturated rings. The van der Waals surface area contributed by atoms with E-state index in [4.69, 9.17) is 16.7 Å². The predicted molar refractivity (Wildman–Crippen MR) is 97.4 cm³/mol. The third-order valence-electron chi connectivity index (χ3n) is 4.29. The highest BCUT2D eigenvalue weighted by Gasteiger charge is 2.44. The van der Waals surface area contributed by atoms with E-state index < -0.39 is 10.0 Å². The van der Waals surface area contributed by atoms with Crippen molar-refractivity contribution in [2.24, 2.45) is 11.1 Å². The first-order chi connectivity index (χ1) is 11.8. The van der Waals surface area contributed by atoms with E-state index >= 15 is 0 Å². The zero-order valence-electron chi connectivity index (χ0n) is 13.5. The molecule has 7 heteroatoms. The molecule has 0 aliphatic heterocycles. The van der Waals surface area contributed by atoms with Crippen molar-refractivity contribution < 1.29 is 13.2 Å². The number of benzene rings is 2. The quantitative estimate of drug-likeness (QED) is 0.809. The molecule has 5 nitrogen and oxygen atoms in total. The lowest BCUT2D eigenvalue weighted by Crippen LogP contribution is -2.24. The van der Waals surface area contributed by atoms with Gasteiger partial charge in [-0.25, -0.2) is 13.6 Å². The molecular weight excluding hydrogens is 360 g/mol. The van der Waals surface area contributed by atoms with Gasteiger partial charge in [0.1, 0.15) is 0 Å². The number of hydrogen-bond donors (Lipinski definition) is 2. The minimum absolute atomic E-state index is 0.0125. The van der Waals surface area contributed by atoms with E-state index in [1.54, 1.807) is 24.3 Å². The number of carbonyl (C=O) groups is 1. The van der Waals surface area contributed by atoms with Crippen molar-refractivity contribution >= 4 is 27.5 Å². The van der Waals surface area contributed by atoms with Crippen LogP contribution in [0, 0.1) is 5.92 Å². The fourth-order valence-electron chi connectivity index (χ4n) is 2.91. The van der Waals surface area contributed by atoms with Crippen LogP contribution < -0.4 is 10.5 Å². The summed E-state index contributed by atoms with van der Waals surface area (Å²) in [5.74, 6) is -0.0350. The summed E-state index contributed by atoms with van der Waals surface area (Å²) in [6, 6.07) is 14.6. The van der Waals surface area contributed by atoms with E-state index in [2.05, 4.69) is 5.32 Å². The molecule has 3 N–H and O–H groups in total. The van der Waals surface area contributed by atoms with Crippen LogP contribution in [-0.2, 0) is 27.1 Å². The van der Waals surface area contributed by atoms with Gasteiger partial charge in [0.05, 0.1) is 5.75 Å². The Morgan fingerprint density at radius 1 is 1.12 bits per heavy atom. The molecule has 0 heterocycles. The molecule has 1 aliphatic carbocycles. The van der Waals surface area contributed by atoms with Gasteiger partial charge in [0, 0.05) is 17.5 Å². The standard InChI is InChI=1S/C18H19ClN2O3S/c19-17-4-2-1-3-14(17)15-9-16(15)18(22)21-10-12-5-7-13(8-6-12)11-25(20,23)24/h1-8,15-16H,9-11H2,(H,21,22)(H2,20,23,24). The number of nitrogens with one attached hydrogen (secondary N) is 1. The Morgan fingerprint density at radius 2 is 1.76 bits per heavy atom. The normalized spacial score (nSPS) is 19.4.